The van der Waals surface area contributed by atoms with Gasteiger partial charge in [-0.05, 0) is 61.6 Å². The molecule has 106 valence electrons. The number of anilines is 1. The van der Waals surface area contributed by atoms with Crippen LogP contribution in [0.25, 0.3) is 10.9 Å². The Morgan fingerprint density at radius 2 is 2.00 bits per heavy atom. The number of rotatable bonds is 4. The lowest BCUT2D eigenvalue weighted by molar-refractivity contribution is 0.897. The molecule has 20 heavy (non-hydrogen) atoms. The molecular weight excluding hydrogens is 246 g/mol. The first-order valence-electron chi connectivity index (χ1n) is 7.69. The normalized spacial score (nSPS) is 15.2. The van der Waals surface area contributed by atoms with Gasteiger partial charge in [-0.1, -0.05) is 13.0 Å². The number of benzene rings is 1. The fourth-order valence-electron chi connectivity index (χ4n) is 3.02. The van der Waals surface area contributed by atoms with Crippen molar-refractivity contribution in [2.24, 2.45) is 5.73 Å². The summed E-state index contributed by atoms with van der Waals surface area (Å²) in [6, 6.07) is 8.89. The van der Waals surface area contributed by atoms with Crippen molar-refractivity contribution in [3.8, 4) is 0 Å². The van der Waals surface area contributed by atoms with E-state index in [9.17, 15) is 0 Å². The van der Waals surface area contributed by atoms with Gasteiger partial charge in [0.15, 0.2) is 0 Å². The number of pyridine rings is 1. The Morgan fingerprint density at radius 3 is 2.70 bits per heavy atom. The third-order valence-corrected chi connectivity index (χ3v) is 4.16. The van der Waals surface area contributed by atoms with Crippen molar-refractivity contribution < 1.29 is 0 Å². The minimum atomic E-state index is 0.682. The number of nitrogens with zero attached hydrogens (tertiary/aromatic N) is 2. The van der Waals surface area contributed by atoms with E-state index >= 15 is 0 Å². The number of fused-ring (bicyclic) bond motifs is 1. The summed E-state index contributed by atoms with van der Waals surface area (Å²) >= 11 is 0. The largest absolute Gasteiger partial charge is 0.356 e. The first kappa shape index (κ1) is 13.4. The molecule has 0 spiro atoms. The van der Waals surface area contributed by atoms with Crippen LogP contribution in [0, 0.1) is 0 Å². The van der Waals surface area contributed by atoms with Gasteiger partial charge in [0.25, 0.3) is 0 Å². The lowest BCUT2D eigenvalue weighted by Crippen LogP contribution is -2.21. The average molecular weight is 269 g/mol. The van der Waals surface area contributed by atoms with E-state index in [-0.39, 0.29) is 0 Å². The summed E-state index contributed by atoms with van der Waals surface area (Å²) in [5, 5.41) is 1.25. The minimum Gasteiger partial charge on any atom is -0.356 e. The van der Waals surface area contributed by atoms with E-state index in [4.69, 9.17) is 10.7 Å². The number of aryl methyl sites for hydroxylation is 1. The Balaban J connectivity index is 2.09. The van der Waals surface area contributed by atoms with Crippen LogP contribution in [0.5, 0.6) is 0 Å². The quantitative estimate of drug-likeness (QED) is 0.928. The first-order valence-corrected chi connectivity index (χ1v) is 7.69. The molecule has 1 saturated heterocycles. The predicted octanol–water partition coefficient (Wildman–Crippen LogP) is 2.90. The summed E-state index contributed by atoms with van der Waals surface area (Å²) in [7, 11) is 0. The molecule has 0 saturated carbocycles. The van der Waals surface area contributed by atoms with Gasteiger partial charge in [0.1, 0.15) is 5.82 Å². The van der Waals surface area contributed by atoms with Gasteiger partial charge in [-0.15, -0.1) is 0 Å². The van der Waals surface area contributed by atoms with Crippen LogP contribution in [0.4, 0.5) is 5.82 Å². The maximum Gasteiger partial charge on any atom is 0.132 e. The van der Waals surface area contributed by atoms with E-state index in [0.717, 1.165) is 37.3 Å². The number of aromatic nitrogens is 1. The van der Waals surface area contributed by atoms with E-state index < -0.39 is 0 Å². The van der Waals surface area contributed by atoms with Crippen LogP contribution in [0.2, 0.25) is 0 Å². The van der Waals surface area contributed by atoms with E-state index in [1.807, 2.05) is 0 Å². The Bertz CT molecular complexity index is 600. The lowest BCUT2D eigenvalue weighted by Gasteiger charge is -2.21. The van der Waals surface area contributed by atoms with Crippen LogP contribution < -0.4 is 10.6 Å². The Kier molecular flexibility index (Phi) is 3.88. The van der Waals surface area contributed by atoms with Gasteiger partial charge < -0.3 is 10.6 Å². The molecule has 3 rings (SSSR count). The summed E-state index contributed by atoms with van der Waals surface area (Å²) in [4.78, 5) is 7.34. The standard InChI is InChI=1S/C17H23N3/c1-2-13-5-6-16-15(11-13)12-14(7-8-18)17(19-16)20-9-3-4-10-20/h5-6,11-12H,2-4,7-10,18H2,1H3. The average Bonchev–Trinajstić information content (AvgIpc) is 3.00. The van der Waals surface area contributed by atoms with E-state index in [1.54, 1.807) is 0 Å². The molecule has 0 radical (unpaired) electrons. The predicted molar refractivity (Wildman–Crippen MR) is 85.3 cm³/mol. The van der Waals surface area contributed by atoms with Crippen LogP contribution in [-0.2, 0) is 12.8 Å². The molecule has 1 aromatic carbocycles. The van der Waals surface area contributed by atoms with E-state index in [1.165, 1.54) is 29.4 Å². The summed E-state index contributed by atoms with van der Waals surface area (Å²) in [5.74, 6) is 1.16. The summed E-state index contributed by atoms with van der Waals surface area (Å²) < 4.78 is 0. The van der Waals surface area contributed by atoms with Crippen LogP contribution >= 0.6 is 0 Å². The Morgan fingerprint density at radius 1 is 1.20 bits per heavy atom. The zero-order chi connectivity index (χ0) is 13.9. The Labute approximate surface area is 120 Å². The molecule has 2 heterocycles. The van der Waals surface area contributed by atoms with Gasteiger partial charge in [-0.25, -0.2) is 4.98 Å². The maximum atomic E-state index is 5.78. The van der Waals surface area contributed by atoms with Gasteiger partial charge in [0, 0.05) is 18.5 Å². The van der Waals surface area contributed by atoms with Crippen LogP contribution in [-0.4, -0.2) is 24.6 Å². The number of nitrogens with two attached hydrogens (primary N) is 1. The molecule has 1 aromatic heterocycles. The minimum absolute atomic E-state index is 0.682. The molecule has 0 atom stereocenters. The van der Waals surface area contributed by atoms with E-state index in [2.05, 4.69) is 36.1 Å². The third kappa shape index (κ3) is 2.50. The topological polar surface area (TPSA) is 42.2 Å². The lowest BCUT2D eigenvalue weighted by atomic mass is 10.1. The fraction of sp³-hybridized carbons (Fsp3) is 0.471. The zero-order valence-electron chi connectivity index (χ0n) is 12.2. The monoisotopic (exact) mass is 269 g/mol. The molecule has 0 amide bonds. The van der Waals surface area contributed by atoms with Crippen molar-refractivity contribution in [1.82, 2.24) is 4.98 Å². The molecule has 3 heteroatoms. The van der Waals surface area contributed by atoms with Crippen LogP contribution in [0.1, 0.15) is 30.9 Å². The fourth-order valence-corrected chi connectivity index (χ4v) is 3.02. The first-order chi connectivity index (χ1) is 9.81. The third-order valence-electron chi connectivity index (χ3n) is 4.16. The van der Waals surface area contributed by atoms with Gasteiger partial charge in [-0.3, -0.25) is 0 Å². The second-order valence-electron chi connectivity index (χ2n) is 5.58. The molecular formula is C17H23N3. The van der Waals surface area contributed by atoms with Crippen LogP contribution in [0.15, 0.2) is 24.3 Å². The highest BCUT2D eigenvalue weighted by Crippen LogP contribution is 2.27. The summed E-state index contributed by atoms with van der Waals surface area (Å²) in [6.45, 7) is 5.13. The molecule has 2 N–H and O–H groups in total. The maximum absolute atomic E-state index is 5.78. The zero-order valence-corrected chi connectivity index (χ0v) is 12.2. The highest BCUT2D eigenvalue weighted by atomic mass is 15.2. The van der Waals surface area contributed by atoms with Crippen molar-refractivity contribution in [2.45, 2.75) is 32.6 Å². The van der Waals surface area contributed by atoms with Gasteiger partial charge >= 0.3 is 0 Å². The second-order valence-corrected chi connectivity index (χ2v) is 5.58. The molecule has 1 aliphatic heterocycles. The van der Waals surface area contributed by atoms with Crippen molar-refractivity contribution >= 4 is 16.7 Å². The molecule has 3 nitrogen and oxygen atoms in total. The molecule has 0 bridgehead atoms. The van der Waals surface area contributed by atoms with Crippen LogP contribution in [0.3, 0.4) is 0 Å². The molecule has 2 aromatic rings. The van der Waals surface area contributed by atoms with E-state index in [0.29, 0.717) is 6.54 Å². The van der Waals surface area contributed by atoms with Crippen molar-refractivity contribution in [3.63, 3.8) is 0 Å². The van der Waals surface area contributed by atoms with Gasteiger partial charge in [0.05, 0.1) is 5.52 Å². The summed E-state index contributed by atoms with van der Waals surface area (Å²) in [6.07, 6.45) is 4.52. The SMILES string of the molecule is CCc1ccc2nc(N3CCCC3)c(CCN)cc2c1. The van der Waals surface area contributed by atoms with Crippen molar-refractivity contribution in [1.29, 1.82) is 0 Å². The number of hydrogen-bond acceptors (Lipinski definition) is 3. The molecule has 1 aliphatic rings. The molecule has 0 aliphatic carbocycles. The Hall–Kier alpha value is -1.61. The van der Waals surface area contributed by atoms with Crippen molar-refractivity contribution in [3.05, 3.63) is 35.4 Å². The second kappa shape index (κ2) is 5.80. The van der Waals surface area contributed by atoms with Gasteiger partial charge in [0.2, 0.25) is 0 Å². The van der Waals surface area contributed by atoms with Gasteiger partial charge in [-0.2, -0.15) is 0 Å². The highest BCUT2D eigenvalue weighted by molar-refractivity contribution is 5.82. The molecule has 1 fully saturated rings. The van der Waals surface area contributed by atoms with Crippen molar-refractivity contribution in [2.75, 3.05) is 24.5 Å². The smallest absolute Gasteiger partial charge is 0.132 e. The number of hydrogen-bond donors (Lipinski definition) is 1. The molecule has 0 unspecified atom stereocenters. The highest BCUT2D eigenvalue weighted by Gasteiger charge is 2.17. The summed E-state index contributed by atoms with van der Waals surface area (Å²) in [5.41, 5.74) is 9.55.